The van der Waals surface area contributed by atoms with Crippen molar-refractivity contribution in [3.8, 4) is 5.82 Å². The van der Waals surface area contributed by atoms with E-state index in [0.29, 0.717) is 0 Å². The smallest absolute Gasteiger partial charge is 0.396 e. The molecule has 0 aromatic carbocycles. The van der Waals surface area contributed by atoms with E-state index in [1.807, 2.05) is 0 Å². The van der Waals surface area contributed by atoms with Gasteiger partial charge in [0.2, 0.25) is 0 Å². The predicted octanol–water partition coefficient (Wildman–Crippen LogP) is 2.63. The second-order valence-electron chi connectivity index (χ2n) is 3.24. The largest absolute Gasteiger partial charge is 0.420 e. The summed E-state index contributed by atoms with van der Waals surface area (Å²) in [7, 11) is 0. The maximum atomic E-state index is 12.8. The minimum Gasteiger partial charge on any atom is -0.396 e. The second-order valence-corrected chi connectivity index (χ2v) is 4.16. The van der Waals surface area contributed by atoms with E-state index in [-0.39, 0.29) is 16.0 Å². The minimum absolute atomic E-state index is 0.244. The van der Waals surface area contributed by atoms with Gasteiger partial charge in [0.25, 0.3) is 0 Å². The third kappa shape index (κ3) is 2.41. The molecular weight excluding hydrogens is 301 g/mol. The van der Waals surface area contributed by atoms with Gasteiger partial charge in [-0.05, 0) is 22.0 Å². The summed E-state index contributed by atoms with van der Waals surface area (Å²) in [5, 5.41) is 3.70. The lowest BCUT2D eigenvalue weighted by molar-refractivity contribution is -0.137. The van der Waals surface area contributed by atoms with Crippen LogP contribution in [0.2, 0.25) is 0 Å². The minimum atomic E-state index is -4.51. The lowest BCUT2D eigenvalue weighted by atomic mass is 10.2. The van der Waals surface area contributed by atoms with Gasteiger partial charge in [0.1, 0.15) is 5.56 Å². The molecule has 0 saturated carbocycles. The van der Waals surface area contributed by atoms with E-state index in [1.54, 1.807) is 0 Å². The topological polar surface area (TPSA) is 56.7 Å². The van der Waals surface area contributed by atoms with Crippen LogP contribution >= 0.6 is 15.9 Å². The van der Waals surface area contributed by atoms with Crippen LogP contribution in [0.25, 0.3) is 5.82 Å². The molecule has 2 rings (SSSR count). The molecule has 0 amide bonds. The zero-order chi connectivity index (χ0) is 12.6. The van der Waals surface area contributed by atoms with Gasteiger partial charge >= 0.3 is 6.18 Å². The molecular formula is C9H6BrF3N4. The van der Waals surface area contributed by atoms with Crippen LogP contribution in [0.3, 0.4) is 0 Å². The monoisotopic (exact) mass is 306 g/mol. The molecule has 0 bridgehead atoms. The molecule has 0 aliphatic carbocycles. The molecule has 2 aromatic rings. The summed E-state index contributed by atoms with van der Waals surface area (Å²) in [6.07, 6.45) is -0.718. The highest BCUT2D eigenvalue weighted by atomic mass is 79.9. The van der Waals surface area contributed by atoms with Gasteiger partial charge in [-0.2, -0.15) is 18.3 Å². The van der Waals surface area contributed by atoms with Crippen molar-refractivity contribution in [3.05, 3.63) is 34.7 Å². The summed E-state index contributed by atoms with van der Waals surface area (Å²) in [6.45, 7) is 0. The SMILES string of the molecule is Nc1cnn(-c2ncc(Br)cc2C(F)(F)F)c1. The van der Waals surface area contributed by atoms with Crippen LogP contribution in [0.5, 0.6) is 0 Å². The number of anilines is 1. The lowest BCUT2D eigenvalue weighted by Crippen LogP contribution is -2.12. The molecule has 0 saturated heterocycles. The number of nitrogens with zero attached hydrogens (tertiary/aromatic N) is 3. The van der Waals surface area contributed by atoms with Crippen LogP contribution < -0.4 is 5.73 Å². The molecule has 2 aromatic heterocycles. The number of halogens is 4. The van der Waals surface area contributed by atoms with Crippen LogP contribution in [-0.2, 0) is 6.18 Å². The Morgan fingerprint density at radius 2 is 2.00 bits per heavy atom. The van der Waals surface area contributed by atoms with Crippen molar-refractivity contribution in [2.75, 3.05) is 5.73 Å². The van der Waals surface area contributed by atoms with Crippen molar-refractivity contribution in [3.63, 3.8) is 0 Å². The Bertz CT molecular complexity index is 549. The summed E-state index contributed by atoms with van der Waals surface area (Å²) in [5.74, 6) is -0.308. The van der Waals surface area contributed by atoms with Crippen LogP contribution in [0.1, 0.15) is 5.56 Å². The molecule has 0 spiro atoms. The molecule has 0 radical (unpaired) electrons. The highest BCUT2D eigenvalue weighted by Crippen LogP contribution is 2.34. The van der Waals surface area contributed by atoms with E-state index in [0.717, 1.165) is 10.7 Å². The summed E-state index contributed by atoms with van der Waals surface area (Å²) < 4.78 is 39.6. The van der Waals surface area contributed by atoms with Gasteiger partial charge in [0.15, 0.2) is 5.82 Å². The maximum absolute atomic E-state index is 12.8. The lowest BCUT2D eigenvalue weighted by Gasteiger charge is -2.11. The zero-order valence-electron chi connectivity index (χ0n) is 8.24. The van der Waals surface area contributed by atoms with Crippen molar-refractivity contribution >= 4 is 21.6 Å². The summed E-state index contributed by atoms with van der Waals surface area (Å²) in [6, 6.07) is 0.945. The van der Waals surface area contributed by atoms with E-state index in [1.165, 1.54) is 18.6 Å². The highest BCUT2D eigenvalue weighted by molar-refractivity contribution is 9.10. The van der Waals surface area contributed by atoms with Crippen LogP contribution in [0.15, 0.2) is 29.1 Å². The molecule has 2 N–H and O–H groups in total. The molecule has 17 heavy (non-hydrogen) atoms. The van der Waals surface area contributed by atoms with Gasteiger partial charge < -0.3 is 5.73 Å². The highest BCUT2D eigenvalue weighted by Gasteiger charge is 2.35. The number of aromatic nitrogens is 3. The summed E-state index contributed by atoms with van der Waals surface area (Å²) in [4.78, 5) is 3.71. The molecule has 90 valence electrons. The molecule has 0 aliphatic rings. The number of pyridine rings is 1. The first-order chi connectivity index (χ1) is 7.88. The van der Waals surface area contributed by atoms with Crippen LogP contribution in [-0.4, -0.2) is 14.8 Å². The quantitative estimate of drug-likeness (QED) is 0.881. The van der Waals surface area contributed by atoms with E-state index in [9.17, 15) is 13.2 Å². The molecule has 4 nitrogen and oxygen atoms in total. The zero-order valence-corrected chi connectivity index (χ0v) is 9.83. The van der Waals surface area contributed by atoms with E-state index in [2.05, 4.69) is 26.0 Å². The van der Waals surface area contributed by atoms with Gasteiger partial charge in [-0.15, -0.1) is 0 Å². The van der Waals surface area contributed by atoms with E-state index < -0.39 is 11.7 Å². The standard InChI is InChI=1S/C9H6BrF3N4/c10-5-1-7(9(11,12)13)8(15-2-5)17-4-6(14)3-16-17/h1-4H,14H2. The van der Waals surface area contributed by atoms with Crippen molar-refractivity contribution in [1.29, 1.82) is 0 Å². The summed E-state index contributed by atoms with van der Waals surface area (Å²) in [5.41, 5.74) is 4.79. The van der Waals surface area contributed by atoms with Gasteiger partial charge in [-0.3, -0.25) is 0 Å². The number of rotatable bonds is 1. The van der Waals surface area contributed by atoms with Crippen LogP contribution in [0.4, 0.5) is 18.9 Å². The van der Waals surface area contributed by atoms with Crippen LogP contribution in [0, 0.1) is 0 Å². The first kappa shape index (κ1) is 11.9. The van der Waals surface area contributed by atoms with E-state index in [4.69, 9.17) is 5.73 Å². The number of hydrogen-bond acceptors (Lipinski definition) is 3. The van der Waals surface area contributed by atoms with E-state index >= 15 is 0 Å². The first-order valence-electron chi connectivity index (χ1n) is 4.41. The Balaban J connectivity index is 2.61. The molecule has 0 unspecified atom stereocenters. The maximum Gasteiger partial charge on any atom is 0.420 e. The van der Waals surface area contributed by atoms with Crippen molar-refractivity contribution < 1.29 is 13.2 Å². The summed E-state index contributed by atoms with van der Waals surface area (Å²) >= 11 is 2.95. The number of nitrogen functional groups attached to an aromatic ring is 1. The molecule has 0 fully saturated rings. The molecule has 0 atom stereocenters. The Kier molecular flexibility index (Phi) is 2.82. The van der Waals surface area contributed by atoms with Crippen molar-refractivity contribution in [1.82, 2.24) is 14.8 Å². The fourth-order valence-electron chi connectivity index (χ4n) is 1.28. The van der Waals surface area contributed by atoms with Gasteiger partial charge in [-0.25, -0.2) is 9.67 Å². The van der Waals surface area contributed by atoms with Crippen molar-refractivity contribution in [2.45, 2.75) is 6.18 Å². The fraction of sp³-hybridized carbons (Fsp3) is 0.111. The predicted molar refractivity (Wildman–Crippen MR) is 58.5 cm³/mol. The normalized spacial score (nSPS) is 11.8. The third-order valence-corrected chi connectivity index (χ3v) is 2.39. The van der Waals surface area contributed by atoms with Gasteiger partial charge in [0, 0.05) is 10.7 Å². The Hall–Kier alpha value is -1.57. The first-order valence-corrected chi connectivity index (χ1v) is 5.20. The molecule has 0 aliphatic heterocycles. The number of nitrogens with two attached hydrogens (primary N) is 1. The Morgan fingerprint density at radius 3 is 2.53 bits per heavy atom. The number of hydrogen-bond donors (Lipinski definition) is 1. The third-order valence-electron chi connectivity index (χ3n) is 1.96. The number of alkyl halides is 3. The van der Waals surface area contributed by atoms with Gasteiger partial charge in [0.05, 0.1) is 18.1 Å². The average Bonchev–Trinajstić information content (AvgIpc) is 2.63. The average molecular weight is 307 g/mol. The Morgan fingerprint density at radius 1 is 1.29 bits per heavy atom. The molecule has 8 heteroatoms. The Labute approximate surface area is 102 Å². The van der Waals surface area contributed by atoms with Gasteiger partial charge in [-0.1, -0.05) is 0 Å². The van der Waals surface area contributed by atoms with Crippen molar-refractivity contribution in [2.24, 2.45) is 0 Å². The molecule has 2 heterocycles. The second kappa shape index (κ2) is 4.02. The fourth-order valence-corrected chi connectivity index (χ4v) is 1.61.